The van der Waals surface area contributed by atoms with E-state index >= 15 is 0 Å². The number of oxazole rings is 1. The number of nitrogens with one attached hydrogen (secondary N) is 2. The minimum absolute atomic E-state index is 0.114. The Hall–Kier alpha value is -3.58. The van der Waals surface area contributed by atoms with Gasteiger partial charge in [0.25, 0.3) is 11.1 Å². The normalized spacial score (nSPS) is 11.8. The first-order valence-corrected chi connectivity index (χ1v) is 10.8. The van der Waals surface area contributed by atoms with Crippen molar-refractivity contribution in [3.63, 3.8) is 0 Å². The summed E-state index contributed by atoms with van der Waals surface area (Å²) in [6.07, 6.45) is 0. The van der Waals surface area contributed by atoms with Gasteiger partial charge in [-0.1, -0.05) is 66.4 Å². The third-order valence-electron chi connectivity index (χ3n) is 4.69. The first-order chi connectivity index (χ1) is 15.1. The fraction of sp³-hybridized carbons (Fsp3) is 0.125. The van der Waals surface area contributed by atoms with Gasteiger partial charge in [0, 0.05) is 0 Å². The highest BCUT2D eigenvalue weighted by Crippen LogP contribution is 2.24. The Morgan fingerprint density at radius 2 is 1.68 bits per heavy atom. The van der Waals surface area contributed by atoms with Crippen LogP contribution >= 0.6 is 11.8 Å². The average Bonchev–Trinajstić information content (AvgIpc) is 3.22. The molecule has 2 amide bonds. The molecular weight excluding hydrogens is 410 g/mol. The van der Waals surface area contributed by atoms with Crippen molar-refractivity contribution in [3.8, 4) is 0 Å². The zero-order valence-corrected chi connectivity index (χ0v) is 17.7. The Labute approximate surface area is 184 Å². The molecule has 31 heavy (non-hydrogen) atoms. The Kier molecular flexibility index (Phi) is 6.33. The number of para-hydroxylation sites is 3. The van der Waals surface area contributed by atoms with Gasteiger partial charge >= 0.3 is 0 Å². The molecule has 4 rings (SSSR count). The second-order valence-electron chi connectivity index (χ2n) is 6.94. The molecule has 0 bridgehead atoms. The summed E-state index contributed by atoms with van der Waals surface area (Å²) in [6, 6.07) is 23.9. The van der Waals surface area contributed by atoms with Crippen LogP contribution in [0.1, 0.15) is 28.9 Å². The first kappa shape index (κ1) is 20.7. The average molecular weight is 432 g/mol. The fourth-order valence-corrected chi connectivity index (χ4v) is 3.75. The first-order valence-electron chi connectivity index (χ1n) is 9.83. The summed E-state index contributed by atoms with van der Waals surface area (Å²) in [7, 11) is 0. The van der Waals surface area contributed by atoms with E-state index in [1.807, 2.05) is 61.5 Å². The number of carbonyl (C=O) groups is 2. The maximum absolute atomic E-state index is 12.8. The monoisotopic (exact) mass is 431 g/mol. The highest BCUT2D eigenvalue weighted by atomic mass is 32.2. The van der Waals surface area contributed by atoms with Crippen LogP contribution in [0, 0.1) is 0 Å². The number of anilines is 1. The molecular formula is C24H21N3O3S. The maximum atomic E-state index is 12.8. The number of carbonyl (C=O) groups excluding carboxylic acids is 2. The Morgan fingerprint density at radius 1 is 0.968 bits per heavy atom. The van der Waals surface area contributed by atoms with Crippen molar-refractivity contribution in [1.29, 1.82) is 0 Å². The number of hydrogen-bond acceptors (Lipinski definition) is 5. The van der Waals surface area contributed by atoms with E-state index in [-0.39, 0.29) is 23.6 Å². The minimum atomic E-state index is -0.251. The van der Waals surface area contributed by atoms with Crippen LogP contribution in [0.5, 0.6) is 0 Å². The molecule has 1 unspecified atom stereocenters. The quantitative estimate of drug-likeness (QED) is 0.400. The van der Waals surface area contributed by atoms with E-state index in [4.69, 9.17) is 4.42 Å². The minimum Gasteiger partial charge on any atom is -0.431 e. The summed E-state index contributed by atoms with van der Waals surface area (Å²) in [6.45, 7) is 1.92. The lowest BCUT2D eigenvalue weighted by Gasteiger charge is -2.16. The molecule has 2 N–H and O–H groups in total. The summed E-state index contributed by atoms with van der Waals surface area (Å²) in [5.41, 5.74) is 3.31. The lowest BCUT2D eigenvalue weighted by molar-refractivity contribution is -0.113. The van der Waals surface area contributed by atoms with E-state index in [1.165, 1.54) is 11.8 Å². The Bertz CT molecular complexity index is 1170. The van der Waals surface area contributed by atoms with Gasteiger partial charge in [-0.15, -0.1) is 0 Å². The summed E-state index contributed by atoms with van der Waals surface area (Å²) < 4.78 is 5.62. The second-order valence-corrected chi connectivity index (χ2v) is 7.86. The summed E-state index contributed by atoms with van der Waals surface area (Å²) in [5, 5.41) is 6.23. The van der Waals surface area contributed by atoms with Gasteiger partial charge in [0.2, 0.25) is 5.91 Å². The van der Waals surface area contributed by atoms with Gasteiger partial charge in [-0.05, 0) is 36.8 Å². The number of fused-ring (bicyclic) bond motifs is 1. The molecule has 1 aromatic heterocycles. The highest BCUT2D eigenvalue weighted by molar-refractivity contribution is 7.99. The Morgan fingerprint density at radius 3 is 2.48 bits per heavy atom. The largest absolute Gasteiger partial charge is 0.431 e. The lowest BCUT2D eigenvalue weighted by atomic mass is 10.1. The Balaban J connectivity index is 1.39. The lowest BCUT2D eigenvalue weighted by Crippen LogP contribution is -2.28. The second kappa shape index (κ2) is 9.49. The van der Waals surface area contributed by atoms with Crippen LogP contribution in [-0.4, -0.2) is 22.6 Å². The van der Waals surface area contributed by atoms with Gasteiger partial charge < -0.3 is 15.1 Å². The van der Waals surface area contributed by atoms with Crippen LogP contribution in [-0.2, 0) is 4.79 Å². The molecule has 6 nitrogen and oxygen atoms in total. The smallest absolute Gasteiger partial charge is 0.257 e. The number of rotatable bonds is 7. The molecule has 0 aliphatic rings. The summed E-state index contributed by atoms with van der Waals surface area (Å²) in [4.78, 5) is 29.7. The van der Waals surface area contributed by atoms with Crippen LogP contribution in [0.3, 0.4) is 0 Å². The fourth-order valence-electron chi connectivity index (χ4n) is 3.12. The third kappa shape index (κ3) is 5.13. The molecule has 0 spiro atoms. The molecule has 1 heterocycles. The van der Waals surface area contributed by atoms with E-state index in [0.29, 0.717) is 22.1 Å². The van der Waals surface area contributed by atoms with Crippen molar-refractivity contribution in [2.45, 2.75) is 18.2 Å². The molecule has 1 atom stereocenters. The van der Waals surface area contributed by atoms with Crippen LogP contribution in [0.15, 0.2) is 88.5 Å². The van der Waals surface area contributed by atoms with Crippen LogP contribution < -0.4 is 10.6 Å². The zero-order valence-electron chi connectivity index (χ0n) is 16.9. The number of benzene rings is 3. The summed E-state index contributed by atoms with van der Waals surface area (Å²) >= 11 is 1.21. The summed E-state index contributed by atoms with van der Waals surface area (Å²) in [5.74, 6) is -0.383. The molecule has 0 aliphatic heterocycles. The molecule has 0 radical (unpaired) electrons. The highest BCUT2D eigenvalue weighted by Gasteiger charge is 2.16. The van der Waals surface area contributed by atoms with Gasteiger partial charge in [-0.2, -0.15) is 0 Å². The molecule has 0 saturated carbocycles. The van der Waals surface area contributed by atoms with Gasteiger partial charge in [-0.3, -0.25) is 9.59 Å². The van der Waals surface area contributed by atoms with Gasteiger partial charge in [0.1, 0.15) is 5.52 Å². The predicted molar refractivity (Wildman–Crippen MR) is 122 cm³/mol. The zero-order chi connectivity index (χ0) is 21.6. The van der Waals surface area contributed by atoms with Crippen LogP contribution in [0.4, 0.5) is 5.69 Å². The maximum Gasteiger partial charge on any atom is 0.257 e. The molecule has 0 saturated heterocycles. The van der Waals surface area contributed by atoms with Crippen molar-refractivity contribution >= 4 is 40.4 Å². The molecule has 4 aromatic rings. The number of nitrogens with zero attached hydrogens (tertiary/aromatic N) is 1. The van der Waals surface area contributed by atoms with E-state index in [1.54, 1.807) is 24.3 Å². The predicted octanol–water partition coefficient (Wildman–Crippen LogP) is 5.05. The van der Waals surface area contributed by atoms with Crippen molar-refractivity contribution in [2.24, 2.45) is 0 Å². The van der Waals surface area contributed by atoms with Gasteiger partial charge in [0.05, 0.1) is 23.0 Å². The third-order valence-corrected chi connectivity index (χ3v) is 5.52. The van der Waals surface area contributed by atoms with E-state index in [0.717, 1.165) is 11.1 Å². The standard InChI is InChI=1S/C24H21N3O3S/c1-16(17-9-3-2-4-10-17)25-23(29)18-11-5-6-12-19(18)26-22(28)15-31-24-27-20-13-7-8-14-21(20)30-24/h2-14,16H,15H2,1H3,(H,25,29)(H,26,28). The number of aromatic nitrogens is 1. The molecule has 0 aliphatic carbocycles. The van der Waals surface area contributed by atoms with Crippen molar-refractivity contribution in [2.75, 3.05) is 11.1 Å². The van der Waals surface area contributed by atoms with Gasteiger partial charge in [-0.25, -0.2) is 4.98 Å². The van der Waals surface area contributed by atoms with Crippen molar-refractivity contribution in [3.05, 3.63) is 90.0 Å². The number of hydrogen-bond donors (Lipinski definition) is 2. The van der Waals surface area contributed by atoms with E-state index in [9.17, 15) is 9.59 Å². The molecule has 0 fully saturated rings. The number of amides is 2. The number of thioether (sulfide) groups is 1. The molecule has 3 aromatic carbocycles. The van der Waals surface area contributed by atoms with E-state index in [2.05, 4.69) is 15.6 Å². The van der Waals surface area contributed by atoms with Crippen LogP contribution in [0.2, 0.25) is 0 Å². The SMILES string of the molecule is CC(NC(=O)c1ccccc1NC(=O)CSc1nc2ccccc2o1)c1ccccc1. The van der Waals surface area contributed by atoms with Gasteiger partial charge in [0.15, 0.2) is 5.58 Å². The topological polar surface area (TPSA) is 84.2 Å². The van der Waals surface area contributed by atoms with Crippen molar-refractivity contribution < 1.29 is 14.0 Å². The molecule has 7 heteroatoms. The van der Waals surface area contributed by atoms with E-state index < -0.39 is 0 Å². The van der Waals surface area contributed by atoms with Crippen LogP contribution in [0.25, 0.3) is 11.1 Å². The van der Waals surface area contributed by atoms with Crippen molar-refractivity contribution in [1.82, 2.24) is 10.3 Å². The molecule has 156 valence electrons.